The van der Waals surface area contributed by atoms with Crippen LogP contribution in [-0.2, 0) is 0 Å². The van der Waals surface area contributed by atoms with Gasteiger partial charge in [-0.15, -0.1) is 0 Å². The van der Waals surface area contributed by atoms with Gasteiger partial charge in [0.05, 0.1) is 23.2 Å². The van der Waals surface area contributed by atoms with Gasteiger partial charge in [-0.2, -0.15) is 5.26 Å². The first-order valence-electron chi connectivity index (χ1n) is 7.80. The van der Waals surface area contributed by atoms with E-state index in [2.05, 4.69) is 5.32 Å². The number of rotatable bonds is 2. The summed E-state index contributed by atoms with van der Waals surface area (Å²) in [5.74, 6) is -0.826. The fourth-order valence-corrected chi connectivity index (χ4v) is 2.89. The molecule has 0 saturated carbocycles. The van der Waals surface area contributed by atoms with Crippen LogP contribution in [0.3, 0.4) is 0 Å². The van der Waals surface area contributed by atoms with Crippen molar-refractivity contribution in [3.05, 3.63) is 65.0 Å². The van der Waals surface area contributed by atoms with Crippen molar-refractivity contribution in [3.63, 3.8) is 0 Å². The molecule has 2 N–H and O–H groups in total. The van der Waals surface area contributed by atoms with Crippen molar-refractivity contribution in [2.24, 2.45) is 0 Å². The monoisotopic (exact) mass is 340 g/mol. The summed E-state index contributed by atoms with van der Waals surface area (Å²) in [5.41, 5.74) is -0.221. The summed E-state index contributed by atoms with van der Waals surface area (Å²) in [4.78, 5) is 12.5. The molecule has 2 aromatic rings. The Labute approximate surface area is 144 Å². The van der Waals surface area contributed by atoms with Crippen LogP contribution in [0.2, 0.25) is 0 Å². The number of carbonyl (C=O) groups is 1. The minimum absolute atomic E-state index is 0.114. The molecule has 25 heavy (non-hydrogen) atoms. The number of amides is 1. The maximum atomic E-state index is 13.9. The maximum Gasteiger partial charge on any atom is 0.254 e. The molecule has 1 heterocycles. The first-order valence-corrected chi connectivity index (χ1v) is 7.80. The second-order valence-corrected chi connectivity index (χ2v) is 6.45. The van der Waals surface area contributed by atoms with Gasteiger partial charge in [0.25, 0.3) is 5.91 Å². The van der Waals surface area contributed by atoms with Crippen LogP contribution >= 0.6 is 0 Å². The molecule has 1 amide bonds. The lowest BCUT2D eigenvalue weighted by Crippen LogP contribution is -2.53. The summed E-state index contributed by atoms with van der Waals surface area (Å²) in [6.07, 6.45) is -1.08. The molecule has 0 radical (unpaired) electrons. The van der Waals surface area contributed by atoms with E-state index in [1.54, 1.807) is 38.1 Å². The highest BCUT2D eigenvalue weighted by molar-refractivity contribution is 5.94. The molecule has 1 aliphatic rings. The lowest BCUT2D eigenvalue weighted by molar-refractivity contribution is -0.0627. The van der Waals surface area contributed by atoms with Crippen LogP contribution in [0.15, 0.2) is 42.5 Å². The van der Waals surface area contributed by atoms with Gasteiger partial charge in [0, 0.05) is 5.56 Å². The van der Waals surface area contributed by atoms with Crippen LogP contribution in [-0.4, -0.2) is 22.7 Å². The summed E-state index contributed by atoms with van der Waals surface area (Å²) in [6, 6.07) is 11.6. The maximum absolute atomic E-state index is 13.9. The number of aliphatic hydroxyl groups is 1. The molecule has 5 nitrogen and oxygen atoms in total. The first kappa shape index (κ1) is 16.9. The second kappa shape index (κ2) is 6.19. The van der Waals surface area contributed by atoms with Crippen LogP contribution in [0.4, 0.5) is 4.39 Å². The number of hydrogen-bond acceptors (Lipinski definition) is 4. The SMILES string of the molecule is CC1(C)Oc2ccc(C#N)cc2[C@@H](NC(=O)c2ccccc2F)[C@@H]1O. The Kier molecular flexibility index (Phi) is 4.19. The van der Waals surface area contributed by atoms with Gasteiger partial charge in [-0.3, -0.25) is 4.79 Å². The molecule has 1 aliphatic heterocycles. The van der Waals surface area contributed by atoms with Gasteiger partial charge in [-0.1, -0.05) is 12.1 Å². The summed E-state index contributed by atoms with van der Waals surface area (Å²) in [7, 11) is 0. The fraction of sp³-hybridized carbons (Fsp3) is 0.263. The number of halogens is 1. The number of aliphatic hydroxyl groups excluding tert-OH is 1. The van der Waals surface area contributed by atoms with E-state index >= 15 is 0 Å². The zero-order valence-corrected chi connectivity index (χ0v) is 13.8. The van der Waals surface area contributed by atoms with Gasteiger partial charge in [0.1, 0.15) is 23.3 Å². The van der Waals surface area contributed by atoms with E-state index in [1.165, 1.54) is 18.2 Å². The normalized spacial score (nSPS) is 20.8. The minimum atomic E-state index is -1.08. The van der Waals surface area contributed by atoms with Crippen LogP contribution in [0, 0.1) is 17.1 Å². The van der Waals surface area contributed by atoms with E-state index in [4.69, 9.17) is 10.00 Å². The third-order valence-corrected chi connectivity index (χ3v) is 4.28. The number of ether oxygens (including phenoxy) is 1. The molecule has 2 aromatic carbocycles. The van der Waals surface area contributed by atoms with Crippen LogP contribution in [0.25, 0.3) is 0 Å². The molecular formula is C19H17FN2O3. The molecule has 3 rings (SSSR count). The summed E-state index contributed by atoms with van der Waals surface area (Å²) < 4.78 is 19.7. The Bertz CT molecular complexity index is 873. The average molecular weight is 340 g/mol. The largest absolute Gasteiger partial charge is 0.485 e. The number of benzene rings is 2. The Morgan fingerprint density at radius 2 is 2.04 bits per heavy atom. The quantitative estimate of drug-likeness (QED) is 0.881. The molecule has 2 atom stereocenters. The van der Waals surface area contributed by atoms with Crippen molar-refractivity contribution >= 4 is 5.91 Å². The molecule has 0 aromatic heterocycles. The number of nitrogens with zero attached hydrogens (tertiary/aromatic N) is 1. The predicted molar refractivity (Wildman–Crippen MR) is 88.5 cm³/mol. The third kappa shape index (κ3) is 3.06. The predicted octanol–water partition coefficient (Wildman–Crippen LogP) is 2.70. The Morgan fingerprint density at radius 1 is 1.32 bits per heavy atom. The van der Waals surface area contributed by atoms with E-state index in [9.17, 15) is 14.3 Å². The van der Waals surface area contributed by atoms with Crippen LogP contribution in [0.5, 0.6) is 5.75 Å². The van der Waals surface area contributed by atoms with Crippen molar-refractivity contribution in [3.8, 4) is 11.8 Å². The van der Waals surface area contributed by atoms with Gasteiger partial charge in [0.15, 0.2) is 0 Å². The highest BCUT2D eigenvalue weighted by Gasteiger charge is 2.43. The van der Waals surface area contributed by atoms with Gasteiger partial charge >= 0.3 is 0 Å². The van der Waals surface area contributed by atoms with Crippen molar-refractivity contribution in [2.75, 3.05) is 0 Å². The highest BCUT2D eigenvalue weighted by atomic mass is 19.1. The lowest BCUT2D eigenvalue weighted by atomic mass is 9.85. The molecule has 0 aliphatic carbocycles. The number of hydrogen-bond donors (Lipinski definition) is 2. The molecular weight excluding hydrogens is 323 g/mol. The Balaban J connectivity index is 2.01. The summed E-state index contributed by atoms with van der Waals surface area (Å²) in [6.45, 7) is 3.39. The minimum Gasteiger partial charge on any atom is -0.485 e. The smallest absolute Gasteiger partial charge is 0.254 e. The summed E-state index contributed by atoms with van der Waals surface area (Å²) >= 11 is 0. The van der Waals surface area contributed by atoms with Gasteiger partial charge in [-0.25, -0.2) is 4.39 Å². The summed E-state index contributed by atoms with van der Waals surface area (Å²) in [5, 5.41) is 22.4. The van der Waals surface area contributed by atoms with Crippen LogP contribution < -0.4 is 10.1 Å². The number of nitrogens with one attached hydrogen (secondary N) is 1. The standard InChI is InChI=1S/C19H17FN2O3/c1-19(2)17(23)16(13-9-11(10-21)7-8-15(13)25-19)22-18(24)12-5-3-4-6-14(12)20/h3-9,16-17,23H,1-2H3,(H,22,24)/t16-,17+/m1/s1. The molecule has 0 unspecified atom stereocenters. The molecule has 0 spiro atoms. The van der Waals surface area contributed by atoms with Gasteiger partial charge < -0.3 is 15.2 Å². The van der Waals surface area contributed by atoms with E-state index in [0.29, 0.717) is 16.9 Å². The van der Waals surface area contributed by atoms with Gasteiger partial charge in [0.2, 0.25) is 0 Å². The Hall–Kier alpha value is -2.91. The third-order valence-electron chi connectivity index (χ3n) is 4.28. The molecule has 0 saturated heterocycles. The number of carbonyl (C=O) groups excluding carboxylic acids is 1. The molecule has 6 heteroatoms. The van der Waals surface area contributed by atoms with Crippen molar-refractivity contribution in [1.82, 2.24) is 5.32 Å². The molecule has 0 fully saturated rings. The second-order valence-electron chi connectivity index (χ2n) is 6.45. The highest BCUT2D eigenvalue weighted by Crippen LogP contribution is 2.40. The van der Waals surface area contributed by atoms with Crippen molar-refractivity contribution < 1.29 is 19.0 Å². The van der Waals surface area contributed by atoms with E-state index < -0.39 is 29.5 Å². The van der Waals surface area contributed by atoms with Crippen molar-refractivity contribution in [1.29, 1.82) is 5.26 Å². The number of fused-ring (bicyclic) bond motifs is 1. The van der Waals surface area contributed by atoms with E-state index in [1.807, 2.05) is 6.07 Å². The Morgan fingerprint density at radius 3 is 2.72 bits per heavy atom. The number of nitriles is 1. The average Bonchev–Trinajstić information content (AvgIpc) is 2.58. The zero-order chi connectivity index (χ0) is 18.2. The first-order chi connectivity index (χ1) is 11.8. The molecule has 0 bridgehead atoms. The van der Waals surface area contributed by atoms with Crippen molar-refractivity contribution in [2.45, 2.75) is 31.6 Å². The zero-order valence-electron chi connectivity index (χ0n) is 13.8. The van der Waals surface area contributed by atoms with E-state index in [0.717, 1.165) is 0 Å². The van der Waals surface area contributed by atoms with E-state index in [-0.39, 0.29) is 5.56 Å². The van der Waals surface area contributed by atoms with Crippen LogP contribution in [0.1, 0.15) is 41.4 Å². The lowest BCUT2D eigenvalue weighted by Gasteiger charge is -2.42. The topological polar surface area (TPSA) is 82.3 Å². The fourth-order valence-electron chi connectivity index (χ4n) is 2.89. The molecule has 128 valence electrons. The van der Waals surface area contributed by atoms with Gasteiger partial charge in [-0.05, 0) is 44.2 Å².